The summed E-state index contributed by atoms with van der Waals surface area (Å²) in [5.41, 5.74) is 2.23. The number of H-pyrrole nitrogens is 1. The molecule has 27 heavy (non-hydrogen) atoms. The van der Waals surface area contributed by atoms with Gasteiger partial charge in [-0.3, -0.25) is 9.20 Å². The predicted octanol–water partition coefficient (Wildman–Crippen LogP) is 4.20. The number of fused-ring (bicyclic) bond motifs is 2. The first kappa shape index (κ1) is 18.1. The molecule has 1 unspecified atom stereocenters. The van der Waals surface area contributed by atoms with Gasteiger partial charge in [0.25, 0.3) is 5.91 Å². The minimum atomic E-state index is -0.222. The summed E-state index contributed by atoms with van der Waals surface area (Å²) in [4.78, 5) is 16.1. The summed E-state index contributed by atoms with van der Waals surface area (Å²) in [6, 6.07) is 13.3. The van der Waals surface area contributed by atoms with Crippen molar-refractivity contribution in [1.82, 2.24) is 24.9 Å². The van der Waals surface area contributed by atoms with Gasteiger partial charge < -0.3 is 10.3 Å². The standard InChI is InChI=1S/C19H18BrN5OS/c1-27-9-7-15(18-24-23-17-4-2-3-8-25(17)18)22-19(26)16-11-12-10-13(20)5-6-14(12)21-16/h2-6,8,10-11,15,21H,7,9H2,1H3,(H,22,26). The highest BCUT2D eigenvalue weighted by atomic mass is 79.9. The van der Waals surface area contributed by atoms with Crippen LogP contribution in [0.3, 0.4) is 0 Å². The van der Waals surface area contributed by atoms with Gasteiger partial charge in [-0.2, -0.15) is 11.8 Å². The van der Waals surface area contributed by atoms with Gasteiger partial charge in [0, 0.05) is 21.6 Å². The number of nitrogens with zero attached hydrogens (tertiary/aromatic N) is 3. The molecule has 3 aromatic heterocycles. The highest BCUT2D eigenvalue weighted by Crippen LogP contribution is 2.22. The van der Waals surface area contributed by atoms with E-state index in [2.05, 4.69) is 42.7 Å². The monoisotopic (exact) mass is 443 g/mol. The molecule has 0 saturated heterocycles. The van der Waals surface area contributed by atoms with Crippen molar-refractivity contribution < 1.29 is 4.79 Å². The van der Waals surface area contributed by atoms with E-state index >= 15 is 0 Å². The molecule has 0 saturated carbocycles. The third-order valence-electron chi connectivity index (χ3n) is 4.40. The fourth-order valence-electron chi connectivity index (χ4n) is 3.06. The van der Waals surface area contributed by atoms with E-state index in [0.717, 1.165) is 39.0 Å². The Hall–Kier alpha value is -2.32. The number of carbonyl (C=O) groups is 1. The average Bonchev–Trinajstić information content (AvgIpc) is 3.28. The van der Waals surface area contributed by atoms with E-state index in [1.54, 1.807) is 11.8 Å². The molecular formula is C19H18BrN5OS. The number of benzene rings is 1. The molecule has 0 radical (unpaired) electrons. The number of hydrogen-bond acceptors (Lipinski definition) is 4. The molecule has 1 atom stereocenters. The molecule has 2 N–H and O–H groups in total. The summed E-state index contributed by atoms with van der Waals surface area (Å²) < 4.78 is 2.90. The highest BCUT2D eigenvalue weighted by molar-refractivity contribution is 9.10. The van der Waals surface area contributed by atoms with E-state index in [-0.39, 0.29) is 11.9 Å². The van der Waals surface area contributed by atoms with Gasteiger partial charge in [0.2, 0.25) is 0 Å². The number of nitrogens with one attached hydrogen (secondary N) is 2. The molecular weight excluding hydrogens is 426 g/mol. The van der Waals surface area contributed by atoms with Crippen molar-refractivity contribution in [3.8, 4) is 0 Å². The van der Waals surface area contributed by atoms with E-state index in [1.807, 2.05) is 53.1 Å². The van der Waals surface area contributed by atoms with Crippen molar-refractivity contribution in [2.45, 2.75) is 12.5 Å². The predicted molar refractivity (Wildman–Crippen MR) is 112 cm³/mol. The lowest BCUT2D eigenvalue weighted by Crippen LogP contribution is -2.30. The van der Waals surface area contributed by atoms with Gasteiger partial charge >= 0.3 is 0 Å². The zero-order chi connectivity index (χ0) is 18.8. The van der Waals surface area contributed by atoms with E-state index in [4.69, 9.17) is 0 Å². The second-order valence-corrected chi connectivity index (χ2v) is 8.11. The van der Waals surface area contributed by atoms with Gasteiger partial charge in [-0.25, -0.2) is 0 Å². The number of amides is 1. The summed E-state index contributed by atoms with van der Waals surface area (Å²) in [5, 5.41) is 12.6. The number of carbonyl (C=O) groups excluding carboxylic acids is 1. The van der Waals surface area contributed by atoms with Gasteiger partial charge in [-0.05, 0) is 54.8 Å². The van der Waals surface area contributed by atoms with Crippen molar-refractivity contribution in [3.05, 3.63) is 64.7 Å². The maximum atomic E-state index is 12.9. The number of thioether (sulfide) groups is 1. The van der Waals surface area contributed by atoms with E-state index in [1.165, 1.54) is 0 Å². The molecule has 4 aromatic rings. The number of aromatic amines is 1. The van der Waals surface area contributed by atoms with Crippen LogP contribution in [0.25, 0.3) is 16.6 Å². The maximum Gasteiger partial charge on any atom is 0.268 e. The van der Waals surface area contributed by atoms with Gasteiger partial charge in [-0.15, -0.1) is 10.2 Å². The molecule has 8 heteroatoms. The van der Waals surface area contributed by atoms with Crippen LogP contribution in [0.1, 0.15) is 28.8 Å². The number of aromatic nitrogens is 4. The summed E-state index contributed by atoms with van der Waals surface area (Å²) >= 11 is 5.20. The zero-order valence-corrected chi connectivity index (χ0v) is 17.0. The quantitative estimate of drug-likeness (QED) is 0.468. The van der Waals surface area contributed by atoms with Crippen molar-refractivity contribution in [1.29, 1.82) is 0 Å². The minimum Gasteiger partial charge on any atom is -0.351 e. The summed E-state index contributed by atoms with van der Waals surface area (Å²) in [6.45, 7) is 0. The Balaban J connectivity index is 1.63. The Labute approximate surface area is 168 Å². The normalized spacial score (nSPS) is 12.5. The maximum absolute atomic E-state index is 12.9. The average molecular weight is 444 g/mol. The fraction of sp³-hybridized carbons (Fsp3) is 0.211. The Bertz CT molecular complexity index is 1110. The molecule has 1 aromatic carbocycles. The van der Waals surface area contributed by atoms with Crippen molar-refractivity contribution >= 4 is 50.1 Å². The van der Waals surface area contributed by atoms with Crippen LogP contribution in [0, 0.1) is 0 Å². The zero-order valence-electron chi connectivity index (χ0n) is 14.6. The van der Waals surface area contributed by atoms with Crippen molar-refractivity contribution in [3.63, 3.8) is 0 Å². The largest absolute Gasteiger partial charge is 0.351 e. The number of hydrogen-bond donors (Lipinski definition) is 2. The molecule has 6 nitrogen and oxygen atoms in total. The first-order valence-electron chi connectivity index (χ1n) is 8.53. The molecule has 1 amide bonds. The molecule has 0 fully saturated rings. The number of rotatable bonds is 6. The minimum absolute atomic E-state index is 0.152. The van der Waals surface area contributed by atoms with Crippen LogP contribution in [0.4, 0.5) is 0 Å². The second kappa shape index (κ2) is 7.74. The fourth-order valence-corrected chi connectivity index (χ4v) is 3.91. The molecule has 138 valence electrons. The lowest BCUT2D eigenvalue weighted by Gasteiger charge is -2.16. The Morgan fingerprint density at radius 1 is 1.30 bits per heavy atom. The molecule has 0 aliphatic heterocycles. The molecule has 3 heterocycles. The van der Waals surface area contributed by atoms with Crippen LogP contribution in [0.15, 0.2) is 53.1 Å². The van der Waals surface area contributed by atoms with Crippen LogP contribution in [0.5, 0.6) is 0 Å². The van der Waals surface area contributed by atoms with Gasteiger partial charge in [-0.1, -0.05) is 22.0 Å². The Morgan fingerprint density at radius 3 is 3.04 bits per heavy atom. The van der Waals surface area contributed by atoms with Crippen LogP contribution >= 0.6 is 27.7 Å². The van der Waals surface area contributed by atoms with Crippen LogP contribution in [-0.2, 0) is 0 Å². The summed E-state index contributed by atoms with van der Waals surface area (Å²) in [7, 11) is 0. The van der Waals surface area contributed by atoms with E-state index in [9.17, 15) is 4.79 Å². The third kappa shape index (κ3) is 3.72. The van der Waals surface area contributed by atoms with Crippen LogP contribution in [0.2, 0.25) is 0 Å². The van der Waals surface area contributed by atoms with E-state index < -0.39 is 0 Å². The van der Waals surface area contributed by atoms with E-state index in [0.29, 0.717) is 5.69 Å². The third-order valence-corrected chi connectivity index (χ3v) is 5.53. The SMILES string of the molecule is CSCCC(NC(=O)c1cc2cc(Br)ccc2[nH]1)c1nnc2ccccn12. The summed E-state index contributed by atoms with van der Waals surface area (Å²) in [5.74, 6) is 1.50. The number of halogens is 1. The topological polar surface area (TPSA) is 75.1 Å². The molecule has 0 spiro atoms. The molecule has 0 aliphatic rings. The van der Waals surface area contributed by atoms with Crippen molar-refractivity contribution in [2.75, 3.05) is 12.0 Å². The second-order valence-electron chi connectivity index (χ2n) is 6.21. The first-order chi connectivity index (χ1) is 13.2. The molecule has 0 aliphatic carbocycles. The van der Waals surface area contributed by atoms with Gasteiger partial charge in [0.1, 0.15) is 5.69 Å². The lowest BCUT2D eigenvalue weighted by atomic mass is 10.2. The Morgan fingerprint density at radius 2 is 2.19 bits per heavy atom. The molecule has 0 bridgehead atoms. The van der Waals surface area contributed by atoms with Crippen LogP contribution in [-0.4, -0.2) is 37.5 Å². The first-order valence-corrected chi connectivity index (χ1v) is 10.7. The summed E-state index contributed by atoms with van der Waals surface area (Å²) in [6.07, 6.45) is 4.74. The number of pyridine rings is 1. The highest BCUT2D eigenvalue weighted by Gasteiger charge is 2.21. The molecule has 4 rings (SSSR count). The van der Waals surface area contributed by atoms with Crippen LogP contribution < -0.4 is 5.32 Å². The van der Waals surface area contributed by atoms with Gasteiger partial charge in [0.05, 0.1) is 6.04 Å². The smallest absolute Gasteiger partial charge is 0.268 e. The lowest BCUT2D eigenvalue weighted by molar-refractivity contribution is 0.0929. The van der Waals surface area contributed by atoms with Crippen molar-refractivity contribution in [2.24, 2.45) is 0 Å². The Kier molecular flexibility index (Phi) is 5.18. The van der Waals surface area contributed by atoms with Gasteiger partial charge in [0.15, 0.2) is 11.5 Å².